The normalized spacial score (nSPS) is 14.5. The van der Waals surface area contributed by atoms with Crippen molar-refractivity contribution in [1.29, 1.82) is 0 Å². The van der Waals surface area contributed by atoms with Gasteiger partial charge in [-0.1, -0.05) is 17.7 Å². The molecule has 1 aliphatic carbocycles. The first-order valence-electron chi connectivity index (χ1n) is 5.89. The molecule has 3 rings (SSSR count). The van der Waals surface area contributed by atoms with Crippen molar-refractivity contribution in [3.05, 3.63) is 44.2 Å². The van der Waals surface area contributed by atoms with Crippen molar-refractivity contribution in [3.8, 4) is 0 Å². The van der Waals surface area contributed by atoms with Crippen LogP contribution in [0.25, 0.3) is 0 Å². The van der Waals surface area contributed by atoms with E-state index >= 15 is 0 Å². The van der Waals surface area contributed by atoms with Crippen molar-refractivity contribution in [1.82, 2.24) is 9.97 Å². The Kier molecular flexibility index (Phi) is 3.78. The van der Waals surface area contributed by atoms with Crippen LogP contribution in [-0.4, -0.2) is 9.97 Å². The molecule has 0 amide bonds. The molecule has 0 radical (unpaired) electrons. The van der Waals surface area contributed by atoms with E-state index in [1.165, 1.54) is 0 Å². The molecule has 1 heterocycles. The molecule has 1 aromatic heterocycles. The van der Waals surface area contributed by atoms with Gasteiger partial charge in [-0.2, -0.15) is 0 Å². The van der Waals surface area contributed by atoms with Crippen molar-refractivity contribution < 1.29 is 0 Å². The van der Waals surface area contributed by atoms with Crippen LogP contribution in [0.1, 0.15) is 24.6 Å². The van der Waals surface area contributed by atoms with Gasteiger partial charge in [-0.25, -0.2) is 9.97 Å². The predicted octanol–water partition coefficient (Wildman–Crippen LogP) is 5.28. The van der Waals surface area contributed by atoms with Gasteiger partial charge in [-0.05, 0) is 56.8 Å². The third kappa shape index (κ3) is 3.09. The zero-order chi connectivity index (χ0) is 13.4. The quantitative estimate of drug-likeness (QED) is 0.709. The highest BCUT2D eigenvalue weighted by Crippen LogP contribution is 2.39. The van der Waals surface area contributed by atoms with Crippen LogP contribution in [-0.2, 0) is 0 Å². The minimum Gasteiger partial charge on any atom is -0.338 e. The SMILES string of the molecule is Clc1cc(Nc2c(Br)cccc2Br)nc(C2CC2)n1. The van der Waals surface area contributed by atoms with Crippen LogP contribution in [0.3, 0.4) is 0 Å². The Labute approximate surface area is 133 Å². The molecule has 3 nitrogen and oxygen atoms in total. The molecule has 98 valence electrons. The van der Waals surface area contributed by atoms with E-state index in [0.29, 0.717) is 11.1 Å². The van der Waals surface area contributed by atoms with Crippen molar-refractivity contribution in [2.75, 3.05) is 5.32 Å². The molecule has 1 aliphatic rings. The number of anilines is 2. The van der Waals surface area contributed by atoms with Crippen LogP contribution in [0.2, 0.25) is 5.15 Å². The molecule has 0 atom stereocenters. The maximum atomic E-state index is 6.05. The highest BCUT2D eigenvalue weighted by molar-refractivity contribution is 9.11. The summed E-state index contributed by atoms with van der Waals surface area (Å²) in [4.78, 5) is 8.80. The Bertz CT molecular complexity index is 609. The molecule has 1 N–H and O–H groups in total. The molecule has 1 fully saturated rings. The molecule has 19 heavy (non-hydrogen) atoms. The first-order chi connectivity index (χ1) is 9.13. The summed E-state index contributed by atoms with van der Waals surface area (Å²) in [6, 6.07) is 7.64. The van der Waals surface area contributed by atoms with E-state index in [0.717, 1.165) is 39.1 Å². The number of nitrogens with zero attached hydrogens (tertiary/aromatic N) is 2. The molecule has 6 heteroatoms. The third-order valence-corrected chi connectivity index (χ3v) is 4.39. The Hall–Kier alpha value is -0.650. The highest BCUT2D eigenvalue weighted by atomic mass is 79.9. The molecular weight excluding hydrogens is 393 g/mol. The summed E-state index contributed by atoms with van der Waals surface area (Å²) < 4.78 is 1.93. The van der Waals surface area contributed by atoms with Gasteiger partial charge in [-0.15, -0.1) is 0 Å². The third-order valence-electron chi connectivity index (χ3n) is 2.87. The van der Waals surface area contributed by atoms with Crippen LogP contribution in [0.4, 0.5) is 11.5 Å². The minimum absolute atomic E-state index is 0.474. The number of nitrogens with one attached hydrogen (secondary N) is 1. The van der Waals surface area contributed by atoms with Crippen molar-refractivity contribution in [3.63, 3.8) is 0 Å². The van der Waals surface area contributed by atoms with E-state index in [1.54, 1.807) is 6.07 Å². The maximum Gasteiger partial charge on any atom is 0.135 e. The van der Waals surface area contributed by atoms with Gasteiger partial charge < -0.3 is 5.32 Å². The number of benzene rings is 1. The van der Waals surface area contributed by atoms with Gasteiger partial charge in [0.15, 0.2) is 0 Å². The van der Waals surface area contributed by atoms with E-state index in [1.807, 2.05) is 18.2 Å². The molecular formula is C13H10Br2ClN3. The van der Waals surface area contributed by atoms with Gasteiger partial charge in [-0.3, -0.25) is 0 Å². The fourth-order valence-corrected chi connectivity index (χ4v) is 3.16. The van der Waals surface area contributed by atoms with Crippen LogP contribution in [0, 0.1) is 0 Å². The fourth-order valence-electron chi connectivity index (χ4n) is 1.77. The van der Waals surface area contributed by atoms with Gasteiger partial charge >= 0.3 is 0 Å². The lowest BCUT2D eigenvalue weighted by Crippen LogP contribution is -2.00. The molecule has 0 unspecified atom stereocenters. The Morgan fingerprint density at radius 2 is 1.84 bits per heavy atom. The zero-order valence-corrected chi connectivity index (χ0v) is 13.8. The molecule has 0 bridgehead atoms. The minimum atomic E-state index is 0.474. The Balaban J connectivity index is 1.94. The summed E-state index contributed by atoms with van der Waals surface area (Å²) in [6.45, 7) is 0. The number of hydrogen-bond donors (Lipinski definition) is 1. The summed E-state index contributed by atoms with van der Waals surface area (Å²) in [5.74, 6) is 2.02. The topological polar surface area (TPSA) is 37.8 Å². The largest absolute Gasteiger partial charge is 0.338 e. The predicted molar refractivity (Wildman–Crippen MR) is 84.1 cm³/mol. The van der Waals surface area contributed by atoms with Gasteiger partial charge in [0.25, 0.3) is 0 Å². The summed E-state index contributed by atoms with van der Waals surface area (Å²) in [5.41, 5.74) is 0.930. The molecule has 0 saturated heterocycles. The first kappa shape index (κ1) is 13.3. The molecule has 2 aromatic rings. The van der Waals surface area contributed by atoms with Crippen LogP contribution < -0.4 is 5.32 Å². The summed E-state index contributed by atoms with van der Waals surface area (Å²) in [5, 5.41) is 3.75. The zero-order valence-electron chi connectivity index (χ0n) is 9.83. The standard InChI is InChI=1S/C13H10Br2ClN3/c14-8-2-1-3-9(15)12(8)18-11-6-10(16)17-13(19-11)7-4-5-7/h1-3,6-7H,4-5H2,(H,17,18,19). The number of aromatic nitrogens is 2. The molecule has 1 aromatic carbocycles. The average Bonchev–Trinajstić information content (AvgIpc) is 3.17. The average molecular weight is 404 g/mol. The highest BCUT2D eigenvalue weighted by Gasteiger charge is 2.27. The van der Waals surface area contributed by atoms with E-state index in [4.69, 9.17) is 11.6 Å². The van der Waals surface area contributed by atoms with Crippen molar-refractivity contribution in [2.24, 2.45) is 0 Å². The lowest BCUT2D eigenvalue weighted by atomic mass is 10.3. The monoisotopic (exact) mass is 401 g/mol. The number of hydrogen-bond acceptors (Lipinski definition) is 3. The van der Waals surface area contributed by atoms with Gasteiger partial charge in [0.2, 0.25) is 0 Å². The summed E-state index contributed by atoms with van der Waals surface area (Å²) in [6.07, 6.45) is 2.30. The van der Waals surface area contributed by atoms with E-state index in [-0.39, 0.29) is 0 Å². The lowest BCUT2D eigenvalue weighted by Gasteiger charge is -2.11. The summed E-state index contributed by atoms with van der Waals surface area (Å²) in [7, 11) is 0. The smallest absolute Gasteiger partial charge is 0.135 e. The van der Waals surface area contributed by atoms with E-state index in [9.17, 15) is 0 Å². The molecule has 0 spiro atoms. The second-order valence-corrected chi connectivity index (χ2v) is 6.53. The number of halogens is 3. The summed E-state index contributed by atoms with van der Waals surface area (Å²) >= 11 is 13.1. The second-order valence-electron chi connectivity index (χ2n) is 4.43. The fraction of sp³-hybridized carbons (Fsp3) is 0.231. The maximum absolute atomic E-state index is 6.05. The second kappa shape index (κ2) is 5.38. The molecule has 1 saturated carbocycles. The van der Waals surface area contributed by atoms with Crippen molar-refractivity contribution >= 4 is 55.0 Å². The lowest BCUT2D eigenvalue weighted by molar-refractivity contribution is 0.930. The Morgan fingerprint density at radius 3 is 2.47 bits per heavy atom. The van der Waals surface area contributed by atoms with Gasteiger partial charge in [0.05, 0.1) is 5.69 Å². The molecule has 0 aliphatic heterocycles. The van der Waals surface area contributed by atoms with Gasteiger partial charge in [0, 0.05) is 20.9 Å². The van der Waals surface area contributed by atoms with Crippen LogP contribution in [0.15, 0.2) is 33.2 Å². The van der Waals surface area contributed by atoms with Crippen LogP contribution in [0.5, 0.6) is 0 Å². The number of rotatable bonds is 3. The van der Waals surface area contributed by atoms with Gasteiger partial charge in [0.1, 0.15) is 16.8 Å². The van der Waals surface area contributed by atoms with Crippen molar-refractivity contribution in [2.45, 2.75) is 18.8 Å². The van der Waals surface area contributed by atoms with Crippen LogP contribution >= 0.6 is 43.5 Å². The first-order valence-corrected chi connectivity index (χ1v) is 7.85. The van der Waals surface area contributed by atoms with E-state index < -0.39 is 0 Å². The Morgan fingerprint density at radius 1 is 1.16 bits per heavy atom. The number of para-hydroxylation sites is 1. The van der Waals surface area contributed by atoms with E-state index in [2.05, 4.69) is 47.1 Å².